The molecule has 2 fully saturated rings. The molecule has 4 nitrogen and oxygen atoms in total. The van der Waals surface area contributed by atoms with Crippen LogP contribution in [0.5, 0.6) is 0 Å². The van der Waals surface area contributed by atoms with Gasteiger partial charge in [-0.25, -0.2) is 0 Å². The van der Waals surface area contributed by atoms with Crippen LogP contribution in [0, 0.1) is 0 Å². The molecular formula is C17H32N2O2. The molecule has 2 atom stereocenters. The molecule has 0 radical (unpaired) electrons. The Morgan fingerprint density at radius 3 is 2.57 bits per heavy atom. The lowest BCUT2D eigenvalue weighted by Gasteiger charge is -2.43. The second-order valence-corrected chi connectivity index (χ2v) is 6.55. The van der Waals surface area contributed by atoms with Crippen LogP contribution < -0.4 is 5.32 Å². The molecule has 0 amide bonds. The molecule has 1 N–H and O–H groups in total. The number of esters is 1. The van der Waals surface area contributed by atoms with Gasteiger partial charge in [0.15, 0.2) is 0 Å². The Balaban J connectivity index is 2.09. The summed E-state index contributed by atoms with van der Waals surface area (Å²) in [5.41, 5.74) is -0.450. The minimum Gasteiger partial charge on any atom is -0.465 e. The molecule has 2 aliphatic rings. The number of nitrogens with one attached hydrogen (secondary N) is 1. The van der Waals surface area contributed by atoms with Gasteiger partial charge in [0.25, 0.3) is 0 Å². The van der Waals surface area contributed by atoms with Gasteiger partial charge in [-0.05, 0) is 65.0 Å². The molecule has 2 aliphatic carbocycles. The fourth-order valence-corrected chi connectivity index (χ4v) is 3.88. The lowest BCUT2D eigenvalue weighted by molar-refractivity contribution is -0.154. The number of carbonyl (C=O) groups excluding carboxylic acids is 1. The lowest BCUT2D eigenvalue weighted by atomic mass is 9.78. The van der Waals surface area contributed by atoms with Gasteiger partial charge in [0.2, 0.25) is 0 Å². The van der Waals surface area contributed by atoms with Crippen molar-refractivity contribution in [1.29, 1.82) is 0 Å². The second-order valence-electron chi connectivity index (χ2n) is 6.55. The van der Waals surface area contributed by atoms with E-state index in [1.54, 1.807) is 0 Å². The van der Waals surface area contributed by atoms with Crippen molar-refractivity contribution in [2.45, 2.75) is 83.3 Å². The fourth-order valence-electron chi connectivity index (χ4n) is 3.88. The normalized spacial score (nSPS) is 29.6. The number of ether oxygens (including phenoxy) is 1. The average Bonchev–Trinajstić information content (AvgIpc) is 3.30. The van der Waals surface area contributed by atoms with Crippen molar-refractivity contribution in [3.05, 3.63) is 0 Å². The van der Waals surface area contributed by atoms with Gasteiger partial charge in [-0.1, -0.05) is 13.8 Å². The maximum absolute atomic E-state index is 12.5. The first kappa shape index (κ1) is 16.8. The molecule has 0 aliphatic heterocycles. The minimum absolute atomic E-state index is 0.0382. The van der Waals surface area contributed by atoms with Gasteiger partial charge >= 0.3 is 5.97 Å². The Bertz CT molecular complexity index is 340. The largest absolute Gasteiger partial charge is 0.465 e. The Kier molecular flexibility index (Phi) is 6.06. The summed E-state index contributed by atoms with van der Waals surface area (Å²) >= 11 is 0. The third-order valence-electron chi connectivity index (χ3n) is 4.87. The van der Waals surface area contributed by atoms with Crippen molar-refractivity contribution < 1.29 is 9.53 Å². The van der Waals surface area contributed by atoms with Gasteiger partial charge in [-0.2, -0.15) is 0 Å². The van der Waals surface area contributed by atoms with Gasteiger partial charge in [0.1, 0.15) is 5.54 Å². The van der Waals surface area contributed by atoms with Gasteiger partial charge in [-0.15, -0.1) is 0 Å². The highest BCUT2D eigenvalue weighted by molar-refractivity contribution is 5.81. The van der Waals surface area contributed by atoms with Crippen LogP contribution >= 0.6 is 0 Å². The van der Waals surface area contributed by atoms with Gasteiger partial charge < -0.3 is 10.1 Å². The number of carbonyl (C=O) groups is 1. The van der Waals surface area contributed by atoms with E-state index in [1.807, 2.05) is 6.92 Å². The average molecular weight is 296 g/mol. The van der Waals surface area contributed by atoms with Gasteiger partial charge in [-0.3, -0.25) is 9.69 Å². The van der Waals surface area contributed by atoms with Gasteiger partial charge in [0, 0.05) is 12.1 Å². The molecule has 2 unspecified atom stereocenters. The summed E-state index contributed by atoms with van der Waals surface area (Å²) in [6.07, 6.45) is 8.04. The molecule has 4 heteroatoms. The molecule has 0 spiro atoms. The van der Waals surface area contributed by atoms with Crippen molar-refractivity contribution in [2.75, 3.05) is 19.7 Å². The van der Waals surface area contributed by atoms with Crippen molar-refractivity contribution >= 4 is 5.97 Å². The molecule has 21 heavy (non-hydrogen) atoms. The number of nitrogens with zero attached hydrogens (tertiary/aromatic N) is 1. The third-order valence-corrected chi connectivity index (χ3v) is 4.87. The van der Waals surface area contributed by atoms with E-state index in [4.69, 9.17) is 4.74 Å². The van der Waals surface area contributed by atoms with Crippen molar-refractivity contribution in [1.82, 2.24) is 10.2 Å². The van der Waals surface area contributed by atoms with Crippen LogP contribution in [0.4, 0.5) is 0 Å². The number of hydrogen-bond donors (Lipinski definition) is 1. The highest BCUT2D eigenvalue weighted by Gasteiger charge is 2.46. The molecule has 2 saturated carbocycles. The maximum atomic E-state index is 12.5. The predicted molar refractivity (Wildman–Crippen MR) is 85.3 cm³/mol. The Morgan fingerprint density at radius 1 is 1.24 bits per heavy atom. The SMILES string of the molecule is CCCN(C1CC1)C1CCCC(NCC)(C(=O)OCC)C1. The summed E-state index contributed by atoms with van der Waals surface area (Å²) in [5.74, 6) is -0.0382. The van der Waals surface area contributed by atoms with E-state index < -0.39 is 5.54 Å². The molecule has 0 heterocycles. The highest BCUT2D eigenvalue weighted by atomic mass is 16.5. The molecule has 122 valence electrons. The number of hydrogen-bond acceptors (Lipinski definition) is 4. The zero-order chi connectivity index (χ0) is 15.3. The summed E-state index contributed by atoms with van der Waals surface area (Å²) in [5, 5.41) is 3.47. The van der Waals surface area contributed by atoms with Crippen molar-refractivity contribution in [3.63, 3.8) is 0 Å². The topological polar surface area (TPSA) is 41.6 Å². The van der Waals surface area contributed by atoms with Crippen LogP contribution in [0.25, 0.3) is 0 Å². The van der Waals surface area contributed by atoms with E-state index in [2.05, 4.69) is 24.1 Å². The summed E-state index contributed by atoms with van der Waals surface area (Å²) in [7, 11) is 0. The second kappa shape index (κ2) is 7.59. The fraction of sp³-hybridized carbons (Fsp3) is 0.941. The third kappa shape index (κ3) is 3.98. The molecule has 2 rings (SSSR count). The van der Waals surface area contributed by atoms with E-state index in [9.17, 15) is 4.79 Å². The number of rotatable bonds is 8. The van der Waals surface area contributed by atoms with Crippen LogP contribution in [-0.4, -0.2) is 48.2 Å². The van der Waals surface area contributed by atoms with Crippen LogP contribution in [0.2, 0.25) is 0 Å². The smallest absolute Gasteiger partial charge is 0.326 e. The zero-order valence-corrected chi connectivity index (χ0v) is 14.0. The maximum Gasteiger partial charge on any atom is 0.326 e. The molecule has 0 saturated heterocycles. The van der Waals surface area contributed by atoms with E-state index in [1.165, 1.54) is 32.2 Å². The van der Waals surface area contributed by atoms with Crippen molar-refractivity contribution in [2.24, 2.45) is 0 Å². The molecule has 0 bridgehead atoms. The van der Waals surface area contributed by atoms with Crippen LogP contribution in [0.15, 0.2) is 0 Å². The molecule has 0 aromatic rings. The summed E-state index contributed by atoms with van der Waals surface area (Å²) in [6.45, 7) is 8.68. The highest BCUT2D eigenvalue weighted by Crippen LogP contribution is 2.37. The quantitative estimate of drug-likeness (QED) is 0.699. The summed E-state index contributed by atoms with van der Waals surface area (Å²) in [4.78, 5) is 15.2. The Hall–Kier alpha value is -0.610. The summed E-state index contributed by atoms with van der Waals surface area (Å²) < 4.78 is 5.38. The minimum atomic E-state index is -0.450. The van der Waals surface area contributed by atoms with Crippen LogP contribution in [-0.2, 0) is 9.53 Å². The van der Waals surface area contributed by atoms with Crippen LogP contribution in [0.1, 0.15) is 65.7 Å². The standard InChI is InChI=1S/C17H32N2O2/c1-4-12-19(14-9-10-14)15-8-7-11-17(13-15,18-5-2)16(20)21-6-3/h14-15,18H,4-13H2,1-3H3. The lowest BCUT2D eigenvalue weighted by Crippen LogP contribution is -2.59. The predicted octanol–water partition coefficient (Wildman–Crippen LogP) is 2.71. The zero-order valence-electron chi connectivity index (χ0n) is 14.0. The van der Waals surface area contributed by atoms with E-state index in [-0.39, 0.29) is 5.97 Å². The summed E-state index contributed by atoms with van der Waals surface area (Å²) in [6, 6.07) is 1.31. The van der Waals surface area contributed by atoms with E-state index >= 15 is 0 Å². The molecule has 0 aromatic carbocycles. The Morgan fingerprint density at radius 2 is 2.00 bits per heavy atom. The first-order valence-electron chi connectivity index (χ1n) is 8.84. The molecule has 0 aromatic heterocycles. The first-order chi connectivity index (χ1) is 10.2. The van der Waals surface area contributed by atoms with E-state index in [0.717, 1.165) is 31.8 Å². The molecular weight excluding hydrogens is 264 g/mol. The van der Waals surface area contributed by atoms with Crippen LogP contribution in [0.3, 0.4) is 0 Å². The van der Waals surface area contributed by atoms with Crippen molar-refractivity contribution in [3.8, 4) is 0 Å². The first-order valence-corrected chi connectivity index (χ1v) is 8.84. The van der Waals surface area contributed by atoms with E-state index in [0.29, 0.717) is 12.6 Å². The monoisotopic (exact) mass is 296 g/mol. The number of likely N-dealkylation sites (N-methyl/N-ethyl adjacent to an activating group) is 1. The van der Waals surface area contributed by atoms with Gasteiger partial charge in [0.05, 0.1) is 6.61 Å². The Labute approximate surface area is 129 Å².